The van der Waals surface area contributed by atoms with Gasteiger partial charge >= 0.3 is 0 Å². The molecule has 0 N–H and O–H groups in total. The molecular weight excluding hydrogens is 410 g/mol. The fourth-order valence-electron chi connectivity index (χ4n) is 3.87. The number of ether oxygens (including phenoxy) is 1. The molecule has 1 aromatic carbocycles. The zero-order valence-electron chi connectivity index (χ0n) is 17.9. The molecule has 8 heteroatoms. The van der Waals surface area contributed by atoms with Crippen molar-refractivity contribution >= 4 is 17.7 Å². The summed E-state index contributed by atoms with van der Waals surface area (Å²) in [5.74, 6) is 1.92. The number of aromatic nitrogens is 4. The van der Waals surface area contributed by atoms with Crippen LogP contribution in [0.1, 0.15) is 33.1 Å². The Bertz CT molecular complexity index is 1020. The van der Waals surface area contributed by atoms with Crippen LogP contribution in [0.15, 0.2) is 53.9 Å². The van der Waals surface area contributed by atoms with Gasteiger partial charge in [-0.1, -0.05) is 23.9 Å². The van der Waals surface area contributed by atoms with Gasteiger partial charge < -0.3 is 9.64 Å². The number of rotatable bonds is 7. The maximum absolute atomic E-state index is 12.9. The summed E-state index contributed by atoms with van der Waals surface area (Å²) in [6.45, 7) is 5.48. The lowest BCUT2D eigenvalue weighted by molar-refractivity contribution is -0.131. The van der Waals surface area contributed by atoms with Gasteiger partial charge in [0.1, 0.15) is 5.75 Å². The predicted octanol–water partition coefficient (Wildman–Crippen LogP) is 4.22. The molecule has 7 nitrogen and oxygen atoms in total. The first-order valence-electron chi connectivity index (χ1n) is 10.7. The first-order chi connectivity index (χ1) is 15.2. The van der Waals surface area contributed by atoms with Crippen molar-refractivity contribution in [1.82, 2.24) is 24.6 Å². The van der Waals surface area contributed by atoms with Gasteiger partial charge in [0.05, 0.1) is 18.0 Å². The molecule has 0 bridgehead atoms. The summed E-state index contributed by atoms with van der Waals surface area (Å²) in [6.07, 6.45) is 6.80. The Morgan fingerprint density at radius 3 is 2.74 bits per heavy atom. The van der Waals surface area contributed by atoms with E-state index >= 15 is 0 Å². The Balaban J connectivity index is 1.67. The van der Waals surface area contributed by atoms with Crippen molar-refractivity contribution in [3.8, 4) is 22.8 Å². The molecular formula is C23H27N5O2S. The lowest BCUT2D eigenvalue weighted by atomic mass is 10.0. The average Bonchev–Trinajstić information content (AvgIpc) is 3.23. The minimum Gasteiger partial charge on any atom is -0.492 e. The summed E-state index contributed by atoms with van der Waals surface area (Å²) in [5.41, 5.74) is 1.75. The predicted molar refractivity (Wildman–Crippen MR) is 122 cm³/mol. The number of para-hydroxylation sites is 2. The second-order valence-corrected chi connectivity index (χ2v) is 8.44. The van der Waals surface area contributed by atoms with Crippen LogP contribution < -0.4 is 4.74 Å². The molecule has 0 saturated carbocycles. The molecule has 31 heavy (non-hydrogen) atoms. The number of thioether (sulfide) groups is 1. The monoisotopic (exact) mass is 437 g/mol. The van der Waals surface area contributed by atoms with Gasteiger partial charge in [0.25, 0.3) is 0 Å². The van der Waals surface area contributed by atoms with Crippen molar-refractivity contribution in [2.24, 2.45) is 0 Å². The number of hydrogen-bond acceptors (Lipinski definition) is 6. The molecule has 3 aromatic rings. The molecule has 0 spiro atoms. The third-order valence-electron chi connectivity index (χ3n) is 5.43. The largest absolute Gasteiger partial charge is 0.492 e. The molecule has 0 radical (unpaired) electrons. The van der Waals surface area contributed by atoms with Crippen molar-refractivity contribution in [2.45, 2.75) is 44.3 Å². The Morgan fingerprint density at radius 2 is 1.97 bits per heavy atom. The van der Waals surface area contributed by atoms with Crippen LogP contribution in [0.5, 0.6) is 5.75 Å². The van der Waals surface area contributed by atoms with Crippen LogP contribution in [0.2, 0.25) is 0 Å². The van der Waals surface area contributed by atoms with Crippen LogP contribution in [0.25, 0.3) is 17.1 Å². The molecule has 4 rings (SSSR count). The molecule has 1 aliphatic heterocycles. The van der Waals surface area contributed by atoms with Crippen LogP contribution in [0.3, 0.4) is 0 Å². The number of likely N-dealkylation sites (tertiary alicyclic amines) is 1. The number of carbonyl (C=O) groups excluding carboxylic acids is 1. The number of benzene rings is 1. The molecule has 0 unspecified atom stereocenters. The van der Waals surface area contributed by atoms with Crippen molar-refractivity contribution in [3.63, 3.8) is 0 Å². The second-order valence-electron chi connectivity index (χ2n) is 7.50. The van der Waals surface area contributed by atoms with Crippen molar-refractivity contribution < 1.29 is 9.53 Å². The number of pyridine rings is 1. The first-order valence-corrected chi connectivity index (χ1v) is 11.7. The Morgan fingerprint density at radius 1 is 1.16 bits per heavy atom. The summed E-state index contributed by atoms with van der Waals surface area (Å²) in [6, 6.07) is 11.9. The SMILES string of the molecule is CCOc1ccccc1-n1c(SCC(=O)N2CCCC[C@@H]2C)nnc1-c1ccncc1. The number of carbonyl (C=O) groups is 1. The lowest BCUT2D eigenvalue weighted by Gasteiger charge is -2.33. The minimum absolute atomic E-state index is 0.148. The van der Waals surface area contributed by atoms with Gasteiger partial charge in [0.2, 0.25) is 5.91 Å². The first kappa shape index (κ1) is 21.4. The van der Waals surface area contributed by atoms with E-state index in [0.29, 0.717) is 29.4 Å². The highest BCUT2D eigenvalue weighted by atomic mass is 32.2. The Labute approximate surface area is 186 Å². The summed E-state index contributed by atoms with van der Waals surface area (Å²) >= 11 is 1.41. The smallest absolute Gasteiger partial charge is 0.233 e. The quantitative estimate of drug-likeness (QED) is 0.515. The number of hydrogen-bond donors (Lipinski definition) is 0. The van der Waals surface area contributed by atoms with Gasteiger partial charge in [-0.2, -0.15) is 0 Å². The van der Waals surface area contributed by atoms with E-state index in [1.807, 2.05) is 52.8 Å². The summed E-state index contributed by atoms with van der Waals surface area (Å²) in [4.78, 5) is 19.0. The van der Waals surface area contributed by atoms with Gasteiger partial charge in [0, 0.05) is 30.5 Å². The van der Waals surface area contributed by atoms with Gasteiger partial charge in [-0.15, -0.1) is 10.2 Å². The zero-order valence-corrected chi connectivity index (χ0v) is 18.7. The summed E-state index contributed by atoms with van der Waals surface area (Å²) < 4.78 is 7.84. The molecule has 162 valence electrons. The maximum atomic E-state index is 12.9. The fraction of sp³-hybridized carbons (Fsp3) is 0.391. The summed E-state index contributed by atoms with van der Waals surface area (Å²) in [5, 5.41) is 9.55. The van der Waals surface area contributed by atoms with Crippen molar-refractivity contribution in [2.75, 3.05) is 18.9 Å². The van der Waals surface area contributed by atoms with Gasteiger partial charge in [-0.25, -0.2) is 0 Å². The van der Waals surface area contributed by atoms with E-state index in [-0.39, 0.29) is 5.91 Å². The van der Waals surface area contributed by atoms with Gasteiger partial charge in [-0.05, 0) is 57.4 Å². The Kier molecular flexibility index (Phi) is 6.86. The minimum atomic E-state index is 0.148. The topological polar surface area (TPSA) is 73.1 Å². The van der Waals surface area contributed by atoms with Crippen LogP contribution in [-0.4, -0.2) is 55.5 Å². The third kappa shape index (κ3) is 4.74. The van der Waals surface area contributed by atoms with Crippen LogP contribution in [0, 0.1) is 0 Å². The van der Waals surface area contributed by atoms with E-state index in [0.717, 1.165) is 36.4 Å². The second kappa shape index (κ2) is 9.96. The highest BCUT2D eigenvalue weighted by molar-refractivity contribution is 7.99. The average molecular weight is 438 g/mol. The van der Waals surface area contributed by atoms with Crippen LogP contribution in [-0.2, 0) is 4.79 Å². The molecule has 1 amide bonds. The van der Waals surface area contributed by atoms with Crippen molar-refractivity contribution in [1.29, 1.82) is 0 Å². The normalized spacial score (nSPS) is 16.3. The standard InChI is InChI=1S/C23H27N5O2S/c1-3-30-20-10-5-4-9-19(20)28-22(18-11-13-24-14-12-18)25-26-23(28)31-16-21(29)27-15-7-6-8-17(27)2/h4-5,9-14,17H,3,6-8,15-16H2,1-2H3/t17-/m0/s1. The number of nitrogens with zero attached hydrogens (tertiary/aromatic N) is 5. The fourth-order valence-corrected chi connectivity index (χ4v) is 4.70. The van der Waals surface area contributed by atoms with E-state index < -0.39 is 0 Å². The maximum Gasteiger partial charge on any atom is 0.233 e. The van der Waals surface area contributed by atoms with Crippen molar-refractivity contribution in [3.05, 3.63) is 48.8 Å². The highest BCUT2D eigenvalue weighted by Crippen LogP contribution is 2.32. The highest BCUT2D eigenvalue weighted by Gasteiger charge is 2.25. The van der Waals surface area contributed by atoms with E-state index in [9.17, 15) is 4.79 Å². The zero-order chi connectivity index (χ0) is 21.6. The molecule has 2 aromatic heterocycles. The molecule has 1 atom stereocenters. The Hall–Kier alpha value is -2.87. The van der Waals surface area contributed by atoms with E-state index in [4.69, 9.17) is 4.74 Å². The molecule has 1 fully saturated rings. The van der Waals surface area contributed by atoms with Crippen LogP contribution >= 0.6 is 11.8 Å². The van der Waals surface area contributed by atoms with Crippen LogP contribution in [0.4, 0.5) is 0 Å². The lowest BCUT2D eigenvalue weighted by Crippen LogP contribution is -2.42. The number of piperidine rings is 1. The molecule has 1 aliphatic rings. The molecule has 3 heterocycles. The van der Waals surface area contributed by atoms with Gasteiger partial charge in [0.15, 0.2) is 11.0 Å². The van der Waals surface area contributed by atoms with E-state index in [1.165, 1.54) is 18.2 Å². The molecule has 1 saturated heterocycles. The van der Waals surface area contributed by atoms with Gasteiger partial charge in [-0.3, -0.25) is 14.3 Å². The molecule has 0 aliphatic carbocycles. The van der Waals surface area contributed by atoms with E-state index in [1.54, 1.807) is 12.4 Å². The third-order valence-corrected chi connectivity index (χ3v) is 6.34. The number of amides is 1. The van der Waals surface area contributed by atoms with E-state index in [2.05, 4.69) is 22.1 Å². The summed E-state index contributed by atoms with van der Waals surface area (Å²) in [7, 11) is 0.